The first-order chi connectivity index (χ1) is 7.53. The first-order valence-corrected chi connectivity index (χ1v) is 5.57. The van der Waals surface area contributed by atoms with E-state index in [2.05, 4.69) is 0 Å². The summed E-state index contributed by atoms with van der Waals surface area (Å²) in [7, 11) is 0. The normalized spacial score (nSPS) is 11.7. The van der Waals surface area contributed by atoms with Crippen molar-refractivity contribution in [2.45, 2.75) is 19.3 Å². The molecular weight excluding hydrogens is 220 g/mol. The van der Waals surface area contributed by atoms with Crippen molar-refractivity contribution in [3.8, 4) is 0 Å². The van der Waals surface area contributed by atoms with E-state index in [1.807, 2.05) is 50.2 Å². The van der Waals surface area contributed by atoms with Crippen LogP contribution in [-0.4, -0.2) is 6.29 Å². The Morgan fingerprint density at radius 2 is 1.75 bits per heavy atom. The minimum atomic E-state index is -0.448. The second kappa shape index (κ2) is 3.91. The molecule has 0 atom stereocenters. The standard InChI is InChI=1S/C14H13ClO/c1-14(2,9-16)12-5-3-10-4-6-13(15)8-11(10)7-12/h3-9H,1-2H3. The molecule has 0 unspecified atom stereocenters. The van der Waals surface area contributed by atoms with E-state index in [1.165, 1.54) is 0 Å². The van der Waals surface area contributed by atoms with E-state index < -0.39 is 5.41 Å². The molecule has 0 N–H and O–H groups in total. The Labute approximate surface area is 100 Å². The lowest BCUT2D eigenvalue weighted by Crippen LogP contribution is -2.18. The van der Waals surface area contributed by atoms with Crippen molar-refractivity contribution < 1.29 is 4.79 Å². The number of carbonyl (C=O) groups excluding carboxylic acids is 1. The molecule has 2 aromatic rings. The third kappa shape index (κ3) is 1.96. The quantitative estimate of drug-likeness (QED) is 0.716. The number of hydrogen-bond acceptors (Lipinski definition) is 1. The molecule has 0 amide bonds. The van der Waals surface area contributed by atoms with Gasteiger partial charge in [-0.15, -0.1) is 0 Å². The van der Waals surface area contributed by atoms with Gasteiger partial charge in [0.05, 0.1) is 0 Å². The summed E-state index contributed by atoms with van der Waals surface area (Å²) in [4.78, 5) is 11.0. The lowest BCUT2D eigenvalue weighted by Gasteiger charge is -2.17. The van der Waals surface area contributed by atoms with Gasteiger partial charge in [-0.3, -0.25) is 0 Å². The molecule has 0 saturated carbocycles. The summed E-state index contributed by atoms with van der Waals surface area (Å²) in [5, 5.41) is 2.92. The monoisotopic (exact) mass is 232 g/mol. The highest BCUT2D eigenvalue weighted by Crippen LogP contribution is 2.26. The molecule has 2 aromatic carbocycles. The van der Waals surface area contributed by atoms with Crippen molar-refractivity contribution >= 4 is 28.7 Å². The fourth-order valence-corrected chi connectivity index (χ4v) is 1.87. The highest BCUT2D eigenvalue weighted by molar-refractivity contribution is 6.31. The van der Waals surface area contributed by atoms with Gasteiger partial charge in [0.2, 0.25) is 0 Å². The summed E-state index contributed by atoms with van der Waals surface area (Å²) in [6.07, 6.45) is 0.971. The van der Waals surface area contributed by atoms with Crippen molar-refractivity contribution in [1.82, 2.24) is 0 Å². The van der Waals surface area contributed by atoms with E-state index in [0.717, 1.165) is 22.6 Å². The summed E-state index contributed by atoms with van der Waals surface area (Å²) >= 11 is 5.95. The van der Waals surface area contributed by atoms with Gasteiger partial charge in [0.1, 0.15) is 6.29 Å². The molecule has 0 heterocycles. The number of rotatable bonds is 2. The molecule has 2 heteroatoms. The maximum absolute atomic E-state index is 11.0. The first-order valence-electron chi connectivity index (χ1n) is 5.19. The summed E-state index contributed by atoms with van der Waals surface area (Å²) in [5.74, 6) is 0. The zero-order valence-corrected chi connectivity index (χ0v) is 10.1. The average molecular weight is 233 g/mol. The molecule has 0 saturated heterocycles. The van der Waals surface area contributed by atoms with E-state index in [9.17, 15) is 4.79 Å². The molecule has 0 radical (unpaired) electrons. The first kappa shape index (κ1) is 11.2. The van der Waals surface area contributed by atoms with Crippen LogP contribution in [0.4, 0.5) is 0 Å². The van der Waals surface area contributed by atoms with Crippen LogP contribution in [0.3, 0.4) is 0 Å². The van der Waals surface area contributed by atoms with Crippen molar-refractivity contribution in [3.63, 3.8) is 0 Å². The van der Waals surface area contributed by atoms with Gasteiger partial charge < -0.3 is 4.79 Å². The maximum atomic E-state index is 11.0. The van der Waals surface area contributed by atoms with Crippen LogP contribution in [0, 0.1) is 0 Å². The van der Waals surface area contributed by atoms with Crippen LogP contribution >= 0.6 is 11.6 Å². The van der Waals surface area contributed by atoms with Crippen LogP contribution in [-0.2, 0) is 10.2 Å². The number of carbonyl (C=O) groups is 1. The highest BCUT2D eigenvalue weighted by Gasteiger charge is 2.19. The highest BCUT2D eigenvalue weighted by atomic mass is 35.5. The number of halogens is 1. The number of fused-ring (bicyclic) bond motifs is 1. The van der Waals surface area contributed by atoms with E-state index >= 15 is 0 Å². The molecule has 2 rings (SSSR count). The third-order valence-corrected chi connectivity index (χ3v) is 3.08. The molecular formula is C14H13ClO. The topological polar surface area (TPSA) is 17.1 Å². The van der Waals surface area contributed by atoms with E-state index in [4.69, 9.17) is 11.6 Å². The van der Waals surface area contributed by atoms with Crippen LogP contribution in [0.15, 0.2) is 36.4 Å². The number of benzene rings is 2. The fourth-order valence-electron chi connectivity index (χ4n) is 1.69. The number of aldehydes is 1. The van der Waals surface area contributed by atoms with E-state index in [-0.39, 0.29) is 0 Å². The van der Waals surface area contributed by atoms with Crippen LogP contribution in [0.1, 0.15) is 19.4 Å². The van der Waals surface area contributed by atoms with Crippen LogP contribution in [0.5, 0.6) is 0 Å². The summed E-state index contributed by atoms with van der Waals surface area (Å²) in [5.41, 5.74) is 0.563. The zero-order valence-electron chi connectivity index (χ0n) is 9.33. The molecule has 0 aliphatic carbocycles. The Kier molecular flexibility index (Phi) is 2.73. The largest absolute Gasteiger partial charge is 0.302 e. The Balaban J connectivity index is 2.63. The summed E-state index contributed by atoms with van der Waals surface area (Å²) in [6.45, 7) is 3.82. The molecule has 0 fully saturated rings. The third-order valence-electron chi connectivity index (χ3n) is 2.84. The van der Waals surface area contributed by atoms with Crippen molar-refractivity contribution in [2.24, 2.45) is 0 Å². The van der Waals surface area contributed by atoms with E-state index in [0.29, 0.717) is 5.02 Å². The molecule has 0 aliphatic heterocycles. The van der Waals surface area contributed by atoms with Gasteiger partial charge in [-0.2, -0.15) is 0 Å². The Hall–Kier alpha value is -1.34. The number of hydrogen-bond donors (Lipinski definition) is 0. The zero-order chi connectivity index (χ0) is 11.8. The van der Waals surface area contributed by atoms with Gasteiger partial charge in [-0.1, -0.05) is 35.9 Å². The van der Waals surface area contributed by atoms with Crippen LogP contribution in [0.25, 0.3) is 10.8 Å². The van der Waals surface area contributed by atoms with Crippen LogP contribution < -0.4 is 0 Å². The van der Waals surface area contributed by atoms with Crippen molar-refractivity contribution in [3.05, 3.63) is 47.0 Å². The Morgan fingerprint density at radius 1 is 1.06 bits per heavy atom. The Bertz CT molecular complexity index is 543. The second-order valence-electron chi connectivity index (χ2n) is 4.55. The summed E-state index contributed by atoms with van der Waals surface area (Å²) in [6, 6.07) is 11.8. The van der Waals surface area contributed by atoms with Crippen molar-refractivity contribution in [1.29, 1.82) is 0 Å². The summed E-state index contributed by atoms with van der Waals surface area (Å²) < 4.78 is 0. The van der Waals surface area contributed by atoms with Gasteiger partial charge in [-0.05, 0) is 42.3 Å². The Morgan fingerprint density at radius 3 is 2.44 bits per heavy atom. The van der Waals surface area contributed by atoms with E-state index in [1.54, 1.807) is 0 Å². The van der Waals surface area contributed by atoms with Crippen molar-refractivity contribution in [2.75, 3.05) is 0 Å². The molecule has 16 heavy (non-hydrogen) atoms. The van der Waals surface area contributed by atoms with Gasteiger partial charge >= 0.3 is 0 Å². The smallest absolute Gasteiger partial charge is 0.129 e. The SMILES string of the molecule is CC(C)(C=O)c1ccc2ccc(Cl)cc2c1. The average Bonchev–Trinajstić information content (AvgIpc) is 2.28. The molecule has 1 nitrogen and oxygen atoms in total. The second-order valence-corrected chi connectivity index (χ2v) is 4.98. The van der Waals surface area contributed by atoms with Crippen LogP contribution in [0.2, 0.25) is 5.02 Å². The lowest BCUT2D eigenvalue weighted by molar-refractivity contribution is -0.111. The fraction of sp³-hybridized carbons (Fsp3) is 0.214. The molecule has 0 aromatic heterocycles. The molecule has 82 valence electrons. The molecule has 0 aliphatic rings. The van der Waals surface area contributed by atoms with Gasteiger partial charge in [0.15, 0.2) is 0 Å². The maximum Gasteiger partial charge on any atom is 0.129 e. The van der Waals surface area contributed by atoms with Gasteiger partial charge in [0, 0.05) is 10.4 Å². The van der Waals surface area contributed by atoms with Gasteiger partial charge in [-0.25, -0.2) is 0 Å². The molecule has 0 bridgehead atoms. The predicted molar refractivity (Wildman–Crippen MR) is 68.0 cm³/mol. The minimum absolute atomic E-state index is 0.448. The predicted octanol–water partition coefficient (Wildman–Crippen LogP) is 3.97. The van der Waals surface area contributed by atoms with Gasteiger partial charge in [0.25, 0.3) is 0 Å². The lowest BCUT2D eigenvalue weighted by atomic mass is 9.85. The molecule has 0 spiro atoms. The minimum Gasteiger partial charge on any atom is -0.302 e.